The van der Waals surface area contributed by atoms with Gasteiger partial charge in [0.1, 0.15) is 23.4 Å². The molecule has 1 aliphatic carbocycles. The topological polar surface area (TPSA) is 107 Å². The fourth-order valence-corrected chi connectivity index (χ4v) is 4.48. The van der Waals surface area contributed by atoms with Crippen LogP contribution in [-0.4, -0.2) is 33.4 Å². The van der Waals surface area contributed by atoms with Crippen LogP contribution in [0.15, 0.2) is 60.7 Å². The molecule has 158 valence electrons. The smallest absolute Gasteiger partial charge is 0.320 e. The Morgan fingerprint density at radius 2 is 1.67 bits per heavy atom. The molecule has 2 aromatic rings. The molecule has 0 spiro atoms. The van der Waals surface area contributed by atoms with Gasteiger partial charge in [-0.1, -0.05) is 60.7 Å². The summed E-state index contributed by atoms with van der Waals surface area (Å²) in [6, 6.07) is 15.9. The second-order valence-electron chi connectivity index (χ2n) is 8.06. The second kappa shape index (κ2) is 8.36. The first kappa shape index (κ1) is 21.6. The molecule has 0 aromatic heterocycles. The number of benzene rings is 2. The zero-order valence-corrected chi connectivity index (χ0v) is 17.0. The van der Waals surface area contributed by atoms with Gasteiger partial charge in [0.25, 0.3) is 0 Å². The van der Waals surface area contributed by atoms with E-state index in [1.54, 1.807) is 54.6 Å². The van der Waals surface area contributed by atoms with Crippen molar-refractivity contribution in [2.75, 3.05) is 0 Å². The first-order valence-electron chi connectivity index (χ1n) is 9.83. The fourth-order valence-electron chi connectivity index (χ4n) is 4.48. The highest BCUT2D eigenvalue weighted by Crippen LogP contribution is 2.53. The summed E-state index contributed by atoms with van der Waals surface area (Å²) in [7, 11) is 0. The van der Waals surface area contributed by atoms with Crippen molar-refractivity contribution in [3.8, 4) is 0 Å². The van der Waals surface area contributed by atoms with E-state index in [0.29, 0.717) is 5.56 Å². The van der Waals surface area contributed by atoms with Crippen LogP contribution in [0, 0.1) is 15.5 Å². The van der Waals surface area contributed by atoms with Crippen molar-refractivity contribution < 1.29 is 24.4 Å². The van der Waals surface area contributed by atoms with Crippen LogP contribution < -0.4 is 0 Å². The molecule has 3 rings (SSSR count). The van der Waals surface area contributed by atoms with E-state index >= 15 is 0 Å². The van der Waals surface area contributed by atoms with Crippen LogP contribution in [0.3, 0.4) is 0 Å². The predicted molar refractivity (Wildman–Crippen MR) is 109 cm³/mol. The molecule has 0 radical (unpaired) electrons. The first-order chi connectivity index (χ1) is 14.2. The molecule has 1 saturated carbocycles. The van der Waals surface area contributed by atoms with Gasteiger partial charge in [0, 0.05) is 4.92 Å². The third-order valence-electron chi connectivity index (χ3n) is 6.10. The molecule has 1 fully saturated rings. The number of nitro groups is 1. The van der Waals surface area contributed by atoms with E-state index in [1.165, 1.54) is 13.8 Å². The molecule has 0 aliphatic heterocycles. The third-order valence-corrected chi connectivity index (χ3v) is 6.10. The first-order valence-corrected chi connectivity index (χ1v) is 9.83. The van der Waals surface area contributed by atoms with Gasteiger partial charge >= 0.3 is 5.97 Å². The number of ether oxygens (including phenoxy) is 1. The van der Waals surface area contributed by atoms with Crippen molar-refractivity contribution in [2.24, 2.45) is 5.41 Å². The van der Waals surface area contributed by atoms with Crippen LogP contribution in [0.1, 0.15) is 43.7 Å². The number of hydrogen-bond donors (Lipinski definition) is 1. The molecule has 0 amide bonds. The Morgan fingerprint density at radius 1 is 1.10 bits per heavy atom. The van der Waals surface area contributed by atoms with E-state index < -0.39 is 39.7 Å². The average Bonchev–Trinajstić information content (AvgIpc) is 2.72. The predicted octanol–water partition coefficient (Wildman–Crippen LogP) is 3.28. The summed E-state index contributed by atoms with van der Waals surface area (Å²) < 4.78 is 5.52. The van der Waals surface area contributed by atoms with Gasteiger partial charge in [-0.05, 0) is 37.8 Å². The van der Waals surface area contributed by atoms with Gasteiger partial charge in [-0.15, -0.1) is 0 Å². The molecule has 0 heterocycles. The van der Waals surface area contributed by atoms with E-state index in [4.69, 9.17) is 4.74 Å². The standard InChI is InChI=1S/C23H25NO6/c1-16(25)23(21(26)30-15-17-9-5-3-6-10-17)14-13-22(2,27)20(24(28)29)19(23)18-11-7-4-8-12-18/h3-12,19-20,27H,13-15H2,1-2H3/t19-,20-,22+,23?/m0/s1. The van der Waals surface area contributed by atoms with Gasteiger partial charge in [0.2, 0.25) is 6.04 Å². The summed E-state index contributed by atoms with van der Waals surface area (Å²) in [4.78, 5) is 37.7. The highest BCUT2D eigenvalue weighted by atomic mass is 16.6. The van der Waals surface area contributed by atoms with Crippen LogP contribution in [0.25, 0.3) is 0 Å². The number of aliphatic hydroxyl groups is 1. The van der Waals surface area contributed by atoms with Crippen LogP contribution in [0.5, 0.6) is 0 Å². The summed E-state index contributed by atoms with van der Waals surface area (Å²) in [6.07, 6.45) is -0.102. The van der Waals surface area contributed by atoms with Gasteiger partial charge in [-0.3, -0.25) is 19.7 Å². The lowest BCUT2D eigenvalue weighted by Crippen LogP contribution is -2.61. The Hall–Kier alpha value is -3.06. The minimum atomic E-state index is -1.75. The summed E-state index contributed by atoms with van der Waals surface area (Å²) in [5, 5.41) is 22.9. The largest absolute Gasteiger partial charge is 0.460 e. The van der Waals surface area contributed by atoms with Gasteiger partial charge in [0.05, 0.1) is 5.92 Å². The minimum Gasteiger partial charge on any atom is -0.460 e. The van der Waals surface area contributed by atoms with E-state index in [9.17, 15) is 24.8 Å². The molecule has 1 unspecified atom stereocenters. The lowest BCUT2D eigenvalue weighted by atomic mass is 9.56. The summed E-state index contributed by atoms with van der Waals surface area (Å²) in [6.45, 7) is 2.60. The average molecular weight is 411 g/mol. The highest BCUT2D eigenvalue weighted by Gasteiger charge is 2.66. The molecule has 4 atom stereocenters. The normalized spacial score (nSPS) is 28.5. The number of rotatable bonds is 6. The van der Waals surface area contributed by atoms with Crippen molar-refractivity contribution in [3.63, 3.8) is 0 Å². The van der Waals surface area contributed by atoms with Crippen LogP contribution >= 0.6 is 0 Å². The zero-order valence-electron chi connectivity index (χ0n) is 17.0. The van der Waals surface area contributed by atoms with Crippen molar-refractivity contribution in [2.45, 2.75) is 50.9 Å². The van der Waals surface area contributed by atoms with E-state index in [-0.39, 0.29) is 19.4 Å². The number of hydrogen-bond acceptors (Lipinski definition) is 6. The molecule has 1 N–H and O–H groups in total. The Balaban J connectivity index is 2.08. The van der Waals surface area contributed by atoms with Crippen molar-refractivity contribution in [1.29, 1.82) is 0 Å². The van der Waals surface area contributed by atoms with Crippen LogP contribution in [0.2, 0.25) is 0 Å². The SMILES string of the molecule is CC(=O)C1(C(=O)OCc2ccccc2)CC[C@@](C)(O)[C@@H]([N+](=O)[O-])[C@@H]1c1ccccc1. The van der Waals surface area contributed by atoms with Crippen molar-refractivity contribution in [1.82, 2.24) is 0 Å². The number of carbonyl (C=O) groups is 2. The van der Waals surface area contributed by atoms with Crippen LogP contribution in [0.4, 0.5) is 0 Å². The molecule has 1 aliphatic rings. The number of ketones is 1. The molecule has 2 aromatic carbocycles. The minimum absolute atomic E-state index is 0.0349. The number of esters is 1. The molecule has 7 heteroatoms. The second-order valence-corrected chi connectivity index (χ2v) is 8.06. The zero-order chi connectivity index (χ0) is 21.9. The van der Waals surface area contributed by atoms with Gasteiger partial charge in [-0.2, -0.15) is 0 Å². The monoisotopic (exact) mass is 411 g/mol. The van der Waals surface area contributed by atoms with Crippen molar-refractivity contribution >= 4 is 11.8 Å². The van der Waals surface area contributed by atoms with E-state index in [0.717, 1.165) is 5.56 Å². The number of carbonyl (C=O) groups excluding carboxylic acids is 2. The van der Waals surface area contributed by atoms with Crippen molar-refractivity contribution in [3.05, 3.63) is 81.9 Å². The fraction of sp³-hybridized carbons (Fsp3) is 0.391. The van der Waals surface area contributed by atoms with Gasteiger partial charge < -0.3 is 9.84 Å². The molecular weight excluding hydrogens is 386 g/mol. The lowest BCUT2D eigenvalue weighted by molar-refractivity contribution is -0.555. The Kier molecular flexibility index (Phi) is 6.03. The highest BCUT2D eigenvalue weighted by molar-refractivity contribution is 6.04. The number of nitrogens with zero attached hydrogens (tertiary/aromatic N) is 1. The third kappa shape index (κ3) is 3.85. The maximum atomic E-state index is 13.4. The lowest BCUT2D eigenvalue weighted by Gasteiger charge is -2.46. The molecule has 30 heavy (non-hydrogen) atoms. The van der Waals surface area contributed by atoms with E-state index in [1.807, 2.05) is 6.07 Å². The Bertz CT molecular complexity index is 927. The Morgan fingerprint density at radius 3 is 2.20 bits per heavy atom. The summed E-state index contributed by atoms with van der Waals surface area (Å²) in [5.74, 6) is -2.45. The molecule has 0 saturated heterocycles. The number of Topliss-reactive ketones (excluding diaryl/α,β-unsaturated/α-hetero) is 1. The molecular formula is C23H25NO6. The van der Waals surface area contributed by atoms with E-state index in [2.05, 4.69) is 0 Å². The van der Waals surface area contributed by atoms with Gasteiger partial charge in [-0.25, -0.2) is 0 Å². The quantitative estimate of drug-likeness (QED) is 0.338. The summed E-state index contributed by atoms with van der Waals surface area (Å²) >= 11 is 0. The Labute approximate surface area is 174 Å². The van der Waals surface area contributed by atoms with Crippen LogP contribution in [-0.2, 0) is 20.9 Å². The maximum Gasteiger partial charge on any atom is 0.320 e. The van der Waals surface area contributed by atoms with Gasteiger partial charge in [0.15, 0.2) is 0 Å². The molecule has 7 nitrogen and oxygen atoms in total. The maximum absolute atomic E-state index is 13.4. The molecule has 0 bridgehead atoms. The summed E-state index contributed by atoms with van der Waals surface area (Å²) in [5.41, 5.74) is -2.24.